The molecule has 4 aromatic rings. The molecule has 0 saturated heterocycles. The fourth-order valence-electron chi connectivity index (χ4n) is 2.81. The van der Waals surface area contributed by atoms with Crippen LogP contribution in [0.1, 0.15) is 21.7 Å². The highest BCUT2D eigenvalue weighted by Gasteiger charge is 2.08. The molecule has 0 aliphatic heterocycles. The van der Waals surface area contributed by atoms with E-state index in [2.05, 4.69) is 30.9 Å². The number of carbonyl (C=O) groups is 1. The lowest BCUT2D eigenvalue weighted by Crippen LogP contribution is -2.10. The van der Waals surface area contributed by atoms with Crippen LogP contribution in [0.25, 0.3) is 0 Å². The zero-order valence-corrected chi connectivity index (χ0v) is 16.5. The van der Waals surface area contributed by atoms with Crippen molar-refractivity contribution in [3.05, 3.63) is 84.2 Å². The summed E-state index contributed by atoms with van der Waals surface area (Å²) in [6, 6.07) is 14.6. The number of furan rings is 1. The van der Waals surface area contributed by atoms with Gasteiger partial charge in [0.15, 0.2) is 0 Å². The predicted molar refractivity (Wildman–Crippen MR) is 115 cm³/mol. The average Bonchev–Trinajstić information content (AvgIpc) is 3.24. The summed E-state index contributed by atoms with van der Waals surface area (Å²) in [7, 11) is 0. The Morgan fingerprint density at radius 2 is 1.60 bits per heavy atom. The van der Waals surface area contributed by atoms with Crippen molar-refractivity contribution in [1.82, 2.24) is 15.0 Å². The van der Waals surface area contributed by atoms with Gasteiger partial charge < -0.3 is 20.4 Å². The van der Waals surface area contributed by atoms with Gasteiger partial charge >= 0.3 is 0 Å². The molecule has 0 fully saturated rings. The Morgan fingerprint density at radius 3 is 2.30 bits per heavy atom. The first-order valence-electron chi connectivity index (χ1n) is 9.31. The molecule has 150 valence electrons. The number of pyridine rings is 1. The highest BCUT2D eigenvalue weighted by atomic mass is 16.3. The minimum atomic E-state index is -0.226. The second-order valence-electron chi connectivity index (χ2n) is 6.70. The Bertz CT molecular complexity index is 1160. The standard InChI is InChI=1S/C22H20N6O2/c1-14-7-9-23-19(11-14)28-21-12-20(24-15(2)25-21)26-17-3-5-18(6-4-17)27-22(29)16-8-10-30-13-16/h3-13H,1-2H3,(H,27,29)(H2,23,24,25,26,28). The van der Waals surface area contributed by atoms with E-state index < -0.39 is 0 Å². The molecule has 0 aliphatic carbocycles. The molecule has 0 unspecified atom stereocenters. The van der Waals surface area contributed by atoms with Gasteiger partial charge in [-0.25, -0.2) is 15.0 Å². The van der Waals surface area contributed by atoms with Crippen molar-refractivity contribution in [3.8, 4) is 0 Å². The number of hydrogen-bond acceptors (Lipinski definition) is 7. The monoisotopic (exact) mass is 400 g/mol. The van der Waals surface area contributed by atoms with Gasteiger partial charge in [0.2, 0.25) is 0 Å². The minimum absolute atomic E-state index is 0.226. The van der Waals surface area contributed by atoms with Crippen LogP contribution in [0, 0.1) is 13.8 Å². The summed E-state index contributed by atoms with van der Waals surface area (Å²) >= 11 is 0. The van der Waals surface area contributed by atoms with Gasteiger partial charge in [0.1, 0.15) is 29.5 Å². The summed E-state index contributed by atoms with van der Waals surface area (Å²) in [5.74, 6) is 2.41. The first kappa shape index (κ1) is 19.1. The van der Waals surface area contributed by atoms with Gasteiger partial charge in [-0.15, -0.1) is 0 Å². The van der Waals surface area contributed by atoms with Crippen molar-refractivity contribution < 1.29 is 9.21 Å². The second-order valence-corrected chi connectivity index (χ2v) is 6.70. The van der Waals surface area contributed by atoms with Gasteiger partial charge in [0, 0.05) is 23.6 Å². The molecule has 3 aromatic heterocycles. The van der Waals surface area contributed by atoms with Crippen LogP contribution in [0.3, 0.4) is 0 Å². The van der Waals surface area contributed by atoms with E-state index in [0.29, 0.717) is 28.7 Å². The van der Waals surface area contributed by atoms with E-state index in [1.54, 1.807) is 12.3 Å². The lowest BCUT2D eigenvalue weighted by molar-refractivity contribution is 0.102. The largest absolute Gasteiger partial charge is 0.472 e. The zero-order chi connectivity index (χ0) is 20.9. The van der Waals surface area contributed by atoms with E-state index in [4.69, 9.17) is 4.42 Å². The quantitative estimate of drug-likeness (QED) is 0.426. The van der Waals surface area contributed by atoms with Crippen LogP contribution >= 0.6 is 0 Å². The van der Waals surface area contributed by atoms with Crippen LogP contribution in [0.5, 0.6) is 0 Å². The number of aryl methyl sites for hydroxylation is 2. The molecule has 0 saturated carbocycles. The van der Waals surface area contributed by atoms with Crippen LogP contribution in [0.2, 0.25) is 0 Å². The molecule has 3 N–H and O–H groups in total. The Balaban J connectivity index is 1.44. The Morgan fingerprint density at radius 1 is 0.867 bits per heavy atom. The minimum Gasteiger partial charge on any atom is -0.472 e. The van der Waals surface area contributed by atoms with E-state index in [9.17, 15) is 4.79 Å². The van der Waals surface area contributed by atoms with Gasteiger partial charge in [0.05, 0.1) is 11.8 Å². The third-order valence-corrected chi connectivity index (χ3v) is 4.21. The highest BCUT2D eigenvalue weighted by molar-refractivity contribution is 6.04. The Labute approximate surface area is 173 Å². The third kappa shape index (κ3) is 4.79. The summed E-state index contributed by atoms with van der Waals surface area (Å²) in [6.07, 6.45) is 4.61. The molecule has 3 heterocycles. The smallest absolute Gasteiger partial charge is 0.258 e. The number of rotatable bonds is 6. The summed E-state index contributed by atoms with van der Waals surface area (Å²) < 4.78 is 4.93. The van der Waals surface area contributed by atoms with E-state index in [1.807, 2.05) is 56.3 Å². The van der Waals surface area contributed by atoms with E-state index >= 15 is 0 Å². The van der Waals surface area contributed by atoms with Crippen molar-refractivity contribution in [2.75, 3.05) is 16.0 Å². The van der Waals surface area contributed by atoms with Crippen molar-refractivity contribution in [2.24, 2.45) is 0 Å². The topological polar surface area (TPSA) is 105 Å². The van der Waals surface area contributed by atoms with Crippen molar-refractivity contribution in [3.63, 3.8) is 0 Å². The summed E-state index contributed by atoms with van der Waals surface area (Å²) in [5, 5.41) is 9.27. The molecule has 0 spiro atoms. The molecule has 0 atom stereocenters. The lowest BCUT2D eigenvalue weighted by Gasteiger charge is -2.11. The van der Waals surface area contributed by atoms with Crippen molar-refractivity contribution in [1.29, 1.82) is 0 Å². The maximum Gasteiger partial charge on any atom is 0.258 e. The summed E-state index contributed by atoms with van der Waals surface area (Å²) in [4.78, 5) is 25.2. The molecule has 8 heteroatoms. The SMILES string of the molecule is Cc1ccnc(Nc2cc(Nc3ccc(NC(=O)c4ccoc4)cc3)nc(C)n2)c1. The second kappa shape index (κ2) is 8.44. The third-order valence-electron chi connectivity index (χ3n) is 4.21. The number of amides is 1. The number of nitrogens with zero attached hydrogens (tertiary/aromatic N) is 3. The van der Waals surface area contributed by atoms with Gasteiger partial charge in [0.25, 0.3) is 5.91 Å². The molecule has 0 aliphatic rings. The van der Waals surface area contributed by atoms with E-state index in [-0.39, 0.29) is 5.91 Å². The van der Waals surface area contributed by atoms with Crippen molar-refractivity contribution >= 4 is 34.7 Å². The molecule has 8 nitrogen and oxygen atoms in total. The summed E-state index contributed by atoms with van der Waals surface area (Å²) in [6.45, 7) is 3.83. The molecular formula is C22H20N6O2. The van der Waals surface area contributed by atoms with Gasteiger partial charge in [-0.1, -0.05) is 0 Å². The molecule has 1 aromatic carbocycles. The average molecular weight is 400 g/mol. The number of aromatic nitrogens is 3. The Kier molecular flexibility index (Phi) is 5.38. The normalized spacial score (nSPS) is 10.5. The molecule has 1 amide bonds. The zero-order valence-electron chi connectivity index (χ0n) is 16.5. The first-order chi connectivity index (χ1) is 14.5. The number of anilines is 5. The number of benzene rings is 1. The van der Waals surface area contributed by atoms with Gasteiger partial charge in [-0.2, -0.15) is 0 Å². The number of carbonyl (C=O) groups excluding carboxylic acids is 1. The molecular weight excluding hydrogens is 380 g/mol. The maximum atomic E-state index is 12.1. The molecule has 0 radical (unpaired) electrons. The first-order valence-corrected chi connectivity index (χ1v) is 9.31. The van der Waals surface area contributed by atoms with Gasteiger partial charge in [-0.3, -0.25) is 4.79 Å². The maximum absolute atomic E-state index is 12.1. The molecule has 0 bridgehead atoms. The summed E-state index contributed by atoms with van der Waals surface area (Å²) in [5.41, 5.74) is 3.08. The number of nitrogens with one attached hydrogen (secondary N) is 3. The van der Waals surface area contributed by atoms with Crippen LogP contribution in [0.4, 0.5) is 28.8 Å². The van der Waals surface area contributed by atoms with Crippen molar-refractivity contribution in [2.45, 2.75) is 13.8 Å². The van der Waals surface area contributed by atoms with Gasteiger partial charge in [-0.05, 0) is 61.9 Å². The van der Waals surface area contributed by atoms with Crippen LogP contribution in [-0.4, -0.2) is 20.9 Å². The highest BCUT2D eigenvalue weighted by Crippen LogP contribution is 2.21. The van der Waals surface area contributed by atoms with Crippen LogP contribution in [0.15, 0.2) is 71.7 Å². The Hall–Kier alpha value is -4.20. The van der Waals surface area contributed by atoms with E-state index in [1.165, 1.54) is 12.5 Å². The van der Waals surface area contributed by atoms with E-state index in [0.717, 1.165) is 17.1 Å². The molecule has 30 heavy (non-hydrogen) atoms. The predicted octanol–water partition coefficient (Wildman–Crippen LogP) is 4.82. The number of hydrogen-bond donors (Lipinski definition) is 3. The fraction of sp³-hybridized carbons (Fsp3) is 0.0909. The lowest BCUT2D eigenvalue weighted by atomic mass is 10.2. The van der Waals surface area contributed by atoms with Crippen LogP contribution in [-0.2, 0) is 0 Å². The molecule has 4 rings (SSSR count). The van der Waals surface area contributed by atoms with Crippen LogP contribution < -0.4 is 16.0 Å². The fourth-order valence-corrected chi connectivity index (χ4v) is 2.81.